The Morgan fingerprint density at radius 2 is 2.05 bits per heavy atom. The lowest BCUT2D eigenvalue weighted by Gasteiger charge is -2.30. The summed E-state index contributed by atoms with van der Waals surface area (Å²) in [4.78, 5) is 19.2. The Morgan fingerprint density at radius 3 is 2.60 bits per heavy atom. The number of aromatic nitrogens is 2. The second-order valence-electron chi connectivity index (χ2n) is 4.45. The third kappa shape index (κ3) is 3.49. The van der Waals surface area contributed by atoms with Crippen molar-refractivity contribution in [3.8, 4) is 0 Å². The third-order valence-electron chi connectivity index (χ3n) is 3.04. The van der Waals surface area contributed by atoms with Gasteiger partial charge >= 0.3 is 12.3 Å². The minimum atomic E-state index is -4.51. The normalized spacial score (nSPS) is 17.1. The molecule has 0 aliphatic carbocycles. The maximum absolute atomic E-state index is 12.5. The molecule has 2 rings (SSSR count). The second kappa shape index (κ2) is 5.51. The Hall–Kier alpha value is -2.06. The highest BCUT2D eigenvalue weighted by molar-refractivity contribution is 5.65. The highest BCUT2D eigenvalue weighted by atomic mass is 19.4. The second-order valence-corrected chi connectivity index (χ2v) is 4.45. The van der Waals surface area contributed by atoms with Crippen LogP contribution in [0.3, 0.4) is 0 Å². The third-order valence-corrected chi connectivity index (χ3v) is 3.04. The van der Waals surface area contributed by atoms with E-state index in [2.05, 4.69) is 15.3 Å². The van der Waals surface area contributed by atoms with E-state index in [1.807, 2.05) is 0 Å². The summed E-state index contributed by atoms with van der Waals surface area (Å²) in [5, 5.41) is 11.6. The first-order valence-electron chi connectivity index (χ1n) is 6.01. The van der Waals surface area contributed by atoms with Gasteiger partial charge < -0.3 is 15.3 Å². The fourth-order valence-electron chi connectivity index (χ4n) is 1.98. The molecule has 1 fully saturated rings. The molecule has 0 saturated carbocycles. The van der Waals surface area contributed by atoms with Crippen molar-refractivity contribution in [3.05, 3.63) is 18.0 Å². The van der Waals surface area contributed by atoms with E-state index in [0.29, 0.717) is 25.9 Å². The van der Waals surface area contributed by atoms with Crippen molar-refractivity contribution in [2.45, 2.75) is 25.1 Å². The van der Waals surface area contributed by atoms with Crippen molar-refractivity contribution in [1.82, 2.24) is 14.9 Å². The van der Waals surface area contributed by atoms with E-state index in [1.165, 1.54) is 4.90 Å². The molecule has 2 heterocycles. The van der Waals surface area contributed by atoms with E-state index < -0.39 is 18.0 Å². The zero-order valence-electron chi connectivity index (χ0n) is 10.4. The van der Waals surface area contributed by atoms with E-state index in [1.54, 1.807) is 0 Å². The Morgan fingerprint density at radius 1 is 1.40 bits per heavy atom. The Kier molecular flexibility index (Phi) is 3.96. The molecule has 1 aliphatic heterocycles. The number of alkyl halides is 3. The summed E-state index contributed by atoms with van der Waals surface area (Å²) in [6, 6.07) is 0.673. The van der Waals surface area contributed by atoms with Gasteiger partial charge in [0.05, 0.1) is 0 Å². The van der Waals surface area contributed by atoms with Crippen molar-refractivity contribution in [1.29, 1.82) is 0 Å². The van der Waals surface area contributed by atoms with Gasteiger partial charge in [-0.05, 0) is 18.9 Å². The lowest BCUT2D eigenvalue weighted by Crippen LogP contribution is -2.41. The molecule has 1 aliphatic rings. The van der Waals surface area contributed by atoms with Crippen LogP contribution in [-0.2, 0) is 6.18 Å². The topological polar surface area (TPSA) is 78.4 Å². The average Bonchev–Trinajstić information content (AvgIpc) is 2.38. The molecule has 1 amide bonds. The van der Waals surface area contributed by atoms with E-state index >= 15 is 0 Å². The summed E-state index contributed by atoms with van der Waals surface area (Å²) < 4.78 is 37.5. The minimum absolute atomic E-state index is 0.0893. The quantitative estimate of drug-likeness (QED) is 0.871. The van der Waals surface area contributed by atoms with Gasteiger partial charge in [0.1, 0.15) is 5.69 Å². The molecule has 9 heteroatoms. The van der Waals surface area contributed by atoms with Crippen molar-refractivity contribution >= 4 is 12.0 Å². The standard InChI is InChI=1S/C11H13F3N4O2/c12-11(13,14)8-1-4-15-9(17-8)16-7-2-5-18(6-3-7)10(19)20/h1,4,7H,2-3,5-6H2,(H,19,20)(H,15,16,17). The molecule has 6 nitrogen and oxygen atoms in total. The molecule has 110 valence electrons. The molecule has 1 saturated heterocycles. The minimum Gasteiger partial charge on any atom is -0.465 e. The highest BCUT2D eigenvalue weighted by Crippen LogP contribution is 2.27. The number of piperidine rings is 1. The van der Waals surface area contributed by atoms with Crippen LogP contribution < -0.4 is 5.32 Å². The number of rotatable bonds is 2. The number of amides is 1. The monoisotopic (exact) mass is 290 g/mol. The number of hydrogen-bond acceptors (Lipinski definition) is 4. The van der Waals surface area contributed by atoms with Crippen LogP contribution in [0.15, 0.2) is 12.3 Å². The Labute approximate surface area is 112 Å². The molecule has 0 radical (unpaired) electrons. The first-order valence-corrected chi connectivity index (χ1v) is 6.01. The van der Waals surface area contributed by atoms with Gasteiger partial charge in [-0.15, -0.1) is 0 Å². The number of halogens is 3. The zero-order valence-corrected chi connectivity index (χ0v) is 10.4. The first kappa shape index (κ1) is 14.4. The van der Waals surface area contributed by atoms with Gasteiger partial charge in [0.25, 0.3) is 0 Å². The van der Waals surface area contributed by atoms with E-state index in [0.717, 1.165) is 12.3 Å². The largest absolute Gasteiger partial charge is 0.465 e. The smallest absolute Gasteiger partial charge is 0.433 e. The fraction of sp³-hybridized carbons (Fsp3) is 0.545. The highest BCUT2D eigenvalue weighted by Gasteiger charge is 2.33. The van der Waals surface area contributed by atoms with E-state index in [4.69, 9.17) is 5.11 Å². The summed E-state index contributed by atoms with van der Waals surface area (Å²) in [6.45, 7) is 0.678. The number of likely N-dealkylation sites (tertiary alicyclic amines) is 1. The molecular formula is C11H13F3N4O2. The predicted octanol–water partition coefficient (Wildman–Crippen LogP) is 2.05. The lowest BCUT2D eigenvalue weighted by molar-refractivity contribution is -0.141. The van der Waals surface area contributed by atoms with Crippen LogP contribution in [-0.4, -0.2) is 45.2 Å². The van der Waals surface area contributed by atoms with Crippen LogP contribution in [0.5, 0.6) is 0 Å². The SMILES string of the molecule is O=C(O)N1CCC(Nc2nccc(C(F)(F)F)n2)CC1. The molecule has 0 unspecified atom stereocenters. The molecule has 0 aromatic carbocycles. The fourth-order valence-corrected chi connectivity index (χ4v) is 1.98. The van der Waals surface area contributed by atoms with Crippen LogP contribution in [0, 0.1) is 0 Å². The molecular weight excluding hydrogens is 277 g/mol. The maximum Gasteiger partial charge on any atom is 0.433 e. The summed E-state index contributed by atoms with van der Waals surface area (Å²) in [5.74, 6) is -0.0893. The molecule has 0 atom stereocenters. The maximum atomic E-state index is 12.5. The van der Waals surface area contributed by atoms with Crippen LogP contribution in [0.1, 0.15) is 18.5 Å². The van der Waals surface area contributed by atoms with E-state index in [9.17, 15) is 18.0 Å². The first-order chi connectivity index (χ1) is 9.36. The average molecular weight is 290 g/mol. The molecule has 1 aromatic heterocycles. The molecule has 1 aromatic rings. The molecule has 2 N–H and O–H groups in total. The van der Waals surface area contributed by atoms with Crippen molar-refractivity contribution in [2.24, 2.45) is 0 Å². The summed E-state index contributed by atoms with van der Waals surface area (Å²) in [6.07, 6.45) is -3.44. The number of hydrogen-bond donors (Lipinski definition) is 2. The van der Waals surface area contributed by atoms with E-state index in [-0.39, 0.29) is 12.0 Å². The number of carboxylic acid groups (broad SMARTS) is 1. The zero-order chi connectivity index (χ0) is 14.8. The molecule has 0 spiro atoms. The van der Waals surface area contributed by atoms with Crippen molar-refractivity contribution < 1.29 is 23.1 Å². The molecule has 20 heavy (non-hydrogen) atoms. The lowest BCUT2D eigenvalue weighted by atomic mass is 10.1. The number of anilines is 1. The summed E-state index contributed by atoms with van der Waals surface area (Å²) >= 11 is 0. The van der Waals surface area contributed by atoms with Crippen LogP contribution in [0.25, 0.3) is 0 Å². The summed E-state index contributed by atoms with van der Waals surface area (Å²) in [7, 11) is 0. The number of nitrogens with one attached hydrogen (secondary N) is 1. The summed E-state index contributed by atoms with van der Waals surface area (Å²) in [5.41, 5.74) is -1.00. The van der Waals surface area contributed by atoms with Gasteiger partial charge in [-0.3, -0.25) is 0 Å². The van der Waals surface area contributed by atoms with Gasteiger partial charge in [0.2, 0.25) is 5.95 Å². The number of nitrogens with zero attached hydrogens (tertiary/aromatic N) is 3. The van der Waals surface area contributed by atoms with Gasteiger partial charge in [0.15, 0.2) is 0 Å². The van der Waals surface area contributed by atoms with Crippen LogP contribution >= 0.6 is 0 Å². The van der Waals surface area contributed by atoms with Crippen molar-refractivity contribution in [2.75, 3.05) is 18.4 Å². The predicted molar refractivity (Wildman–Crippen MR) is 63.3 cm³/mol. The Balaban J connectivity index is 1.96. The van der Waals surface area contributed by atoms with Gasteiger partial charge in [-0.2, -0.15) is 13.2 Å². The van der Waals surface area contributed by atoms with Gasteiger partial charge in [-0.25, -0.2) is 14.8 Å². The van der Waals surface area contributed by atoms with Gasteiger partial charge in [-0.1, -0.05) is 0 Å². The molecule has 0 bridgehead atoms. The van der Waals surface area contributed by atoms with Crippen molar-refractivity contribution in [3.63, 3.8) is 0 Å². The van der Waals surface area contributed by atoms with Crippen LogP contribution in [0.4, 0.5) is 23.9 Å². The van der Waals surface area contributed by atoms with Crippen LogP contribution in [0.2, 0.25) is 0 Å². The number of carbonyl (C=O) groups is 1. The Bertz CT molecular complexity index is 487. The van der Waals surface area contributed by atoms with Gasteiger partial charge in [0, 0.05) is 25.3 Å².